The smallest absolute Gasteiger partial charge is 0.385 e. The third-order valence-corrected chi connectivity index (χ3v) is 6.87. The van der Waals surface area contributed by atoms with Crippen molar-refractivity contribution < 1.29 is 27.9 Å². The highest BCUT2D eigenvalue weighted by molar-refractivity contribution is 9.10. The van der Waals surface area contributed by atoms with Crippen LogP contribution in [0.25, 0.3) is 6.08 Å². The van der Waals surface area contributed by atoms with Crippen LogP contribution in [-0.4, -0.2) is 34.9 Å². The zero-order valence-corrected chi connectivity index (χ0v) is 21.2. The number of aliphatic hydroxyl groups is 1. The predicted molar refractivity (Wildman–Crippen MR) is 137 cm³/mol. The summed E-state index contributed by atoms with van der Waals surface area (Å²) in [6.07, 6.45) is -3.11. The van der Waals surface area contributed by atoms with Gasteiger partial charge >= 0.3 is 6.18 Å². The standard InChI is InChI=1S/C28H24BrF3N2O3/c29-22-12-10-21(11-13-22)27(37)14-16-34(17-15-27)26(36)24(33-25(35)19-6-2-1-3-7-19)18-20-8-4-5-9-23(20)28(30,31)32/h1-13,18,37H,14-17H2,(H,33,35)/b24-18-. The number of halogens is 4. The van der Waals surface area contributed by atoms with Crippen molar-refractivity contribution in [2.45, 2.75) is 24.6 Å². The van der Waals surface area contributed by atoms with Gasteiger partial charge in [0.05, 0.1) is 11.2 Å². The largest absolute Gasteiger partial charge is 0.416 e. The van der Waals surface area contributed by atoms with Crippen molar-refractivity contribution >= 4 is 33.8 Å². The highest BCUT2D eigenvalue weighted by Crippen LogP contribution is 2.35. The number of carbonyl (C=O) groups excluding carboxylic acids is 2. The minimum absolute atomic E-state index is 0.158. The molecular weight excluding hydrogens is 549 g/mol. The molecule has 4 rings (SSSR count). The first-order valence-electron chi connectivity index (χ1n) is 11.6. The third kappa shape index (κ3) is 6.29. The van der Waals surface area contributed by atoms with Crippen molar-refractivity contribution in [1.29, 1.82) is 0 Å². The second-order valence-corrected chi connectivity index (χ2v) is 9.71. The Hall–Kier alpha value is -3.43. The number of nitrogens with one attached hydrogen (secondary N) is 1. The summed E-state index contributed by atoms with van der Waals surface area (Å²) in [5.41, 5.74) is -1.60. The van der Waals surface area contributed by atoms with E-state index in [-0.39, 0.29) is 42.8 Å². The summed E-state index contributed by atoms with van der Waals surface area (Å²) in [6, 6.07) is 20.2. The van der Waals surface area contributed by atoms with Crippen molar-refractivity contribution in [2.75, 3.05) is 13.1 Å². The van der Waals surface area contributed by atoms with E-state index in [1.54, 1.807) is 42.5 Å². The van der Waals surface area contributed by atoms with E-state index in [0.29, 0.717) is 0 Å². The average molecular weight is 573 g/mol. The van der Waals surface area contributed by atoms with Gasteiger partial charge in [-0.25, -0.2) is 0 Å². The number of alkyl halides is 3. The Morgan fingerprint density at radius 1 is 0.919 bits per heavy atom. The minimum Gasteiger partial charge on any atom is -0.385 e. The highest BCUT2D eigenvalue weighted by atomic mass is 79.9. The number of amides is 2. The molecule has 2 N–H and O–H groups in total. The molecule has 3 aromatic rings. The molecule has 3 aromatic carbocycles. The minimum atomic E-state index is -4.64. The highest BCUT2D eigenvalue weighted by Gasteiger charge is 2.37. The van der Waals surface area contributed by atoms with Gasteiger partial charge in [-0.1, -0.05) is 64.5 Å². The molecule has 0 aliphatic carbocycles. The number of benzene rings is 3. The second-order valence-electron chi connectivity index (χ2n) is 8.79. The van der Waals surface area contributed by atoms with Crippen LogP contribution in [0.15, 0.2) is 89.0 Å². The van der Waals surface area contributed by atoms with Crippen LogP contribution in [0.1, 0.15) is 39.9 Å². The maximum atomic E-state index is 13.6. The van der Waals surface area contributed by atoms with Gasteiger partial charge in [-0.05, 0) is 60.4 Å². The first-order chi connectivity index (χ1) is 17.6. The van der Waals surface area contributed by atoms with Crippen molar-refractivity contribution in [3.8, 4) is 0 Å². The van der Waals surface area contributed by atoms with Crippen LogP contribution in [0.4, 0.5) is 13.2 Å². The molecule has 1 aliphatic rings. The second kappa shape index (κ2) is 10.9. The molecule has 1 saturated heterocycles. The van der Waals surface area contributed by atoms with Crippen LogP contribution in [0, 0.1) is 0 Å². The molecule has 0 unspecified atom stereocenters. The number of nitrogens with zero attached hydrogens (tertiary/aromatic N) is 1. The molecule has 1 aliphatic heterocycles. The molecular formula is C28H24BrF3N2O3. The van der Waals surface area contributed by atoms with Gasteiger partial charge in [-0.3, -0.25) is 9.59 Å². The van der Waals surface area contributed by atoms with E-state index in [1.807, 2.05) is 12.1 Å². The van der Waals surface area contributed by atoms with E-state index in [2.05, 4.69) is 21.2 Å². The summed E-state index contributed by atoms with van der Waals surface area (Å²) in [4.78, 5) is 27.8. The fourth-order valence-corrected chi connectivity index (χ4v) is 4.54. The summed E-state index contributed by atoms with van der Waals surface area (Å²) in [5.74, 6) is -1.24. The molecule has 1 fully saturated rings. The molecule has 37 heavy (non-hydrogen) atoms. The molecule has 0 spiro atoms. The Kier molecular flexibility index (Phi) is 7.85. The van der Waals surface area contributed by atoms with Gasteiger partial charge < -0.3 is 15.3 Å². The van der Waals surface area contributed by atoms with Crippen LogP contribution in [-0.2, 0) is 16.6 Å². The predicted octanol–water partition coefficient (Wildman–Crippen LogP) is 5.75. The van der Waals surface area contributed by atoms with Crippen LogP contribution in [0.5, 0.6) is 0 Å². The summed E-state index contributed by atoms with van der Waals surface area (Å²) in [5, 5.41) is 13.7. The van der Waals surface area contributed by atoms with Gasteiger partial charge in [-0.2, -0.15) is 13.2 Å². The number of hydrogen-bond acceptors (Lipinski definition) is 3. The van der Waals surface area contributed by atoms with Gasteiger partial charge in [0.2, 0.25) is 0 Å². The fourth-order valence-electron chi connectivity index (χ4n) is 4.27. The van der Waals surface area contributed by atoms with Gasteiger partial charge in [-0.15, -0.1) is 0 Å². The van der Waals surface area contributed by atoms with Gasteiger partial charge in [0.1, 0.15) is 5.70 Å². The maximum Gasteiger partial charge on any atom is 0.416 e. The van der Waals surface area contributed by atoms with Crippen LogP contribution < -0.4 is 5.32 Å². The lowest BCUT2D eigenvalue weighted by Gasteiger charge is -2.39. The monoisotopic (exact) mass is 572 g/mol. The molecule has 192 valence electrons. The van der Waals surface area contributed by atoms with Gasteiger partial charge in [0.25, 0.3) is 11.8 Å². The molecule has 0 radical (unpaired) electrons. The number of likely N-dealkylation sites (tertiary alicyclic amines) is 1. The molecule has 0 aromatic heterocycles. The zero-order chi connectivity index (χ0) is 26.6. The van der Waals surface area contributed by atoms with Crippen LogP contribution in [0.2, 0.25) is 0 Å². The van der Waals surface area contributed by atoms with Crippen LogP contribution >= 0.6 is 15.9 Å². The number of carbonyl (C=O) groups is 2. The van der Waals surface area contributed by atoms with Crippen LogP contribution in [0.3, 0.4) is 0 Å². The SMILES string of the molecule is O=C(N/C(=C\c1ccccc1C(F)(F)F)C(=O)N1CCC(O)(c2ccc(Br)cc2)CC1)c1ccccc1. The van der Waals surface area contributed by atoms with Crippen molar-refractivity contribution in [3.05, 3.63) is 111 Å². The third-order valence-electron chi connectivity index (χ3n) is 6.34. The summed E-state index contributed by atoms with van der Waals surface area (Å²) < 4.78 is 41.7. The lowest BCUT2D eigenvalue weighted by Crippen LogP contribution is -2.47. The average Bonchev–Trinajstić information content (AvgIpc) is 2.89. The molecule has 0 saturated carbocycles. The summed E-state index contributed by atoms with van der Waals surface area (Å²) in [7, 11) is 0. The van der Waals surface area contributed by atoms with Crippen molar-refractivity contribution in [3.63, 3.8) is 0 Å². The van der Waals surface area contributed by atoms with Gasteiger partial charge in [0, 0.05) is 23.1 Å². The Labute approximate surface area is 220 Å². The van der Waals surface area contributed by atoms with Crippen molar-refractivity contribution in [2.24, 2.45) is 0 Å². The Bertz CT molecular complexity index is 1300. The first-order valence-corrected chi connectivity index (χ1v) is 12.4. The number of rotatable bonds is 5. The maximum absolute atomic E-state index is 13.6. The van der Waals surface area contributed by atoms with E-state index in [1.165, 1.54) is 23.1 Å². The van der Waals surface area contributed by atoms with E-state index < -0.39 is 29.2 Å². The van der Waals surface area contributed by atoms with Crippen molar-refractivity contribution in [1.82, 2.24) is 10.2 Å². The Morgan fingerprint density at radius 3 is 2.14 bits per heavy atom. The molecule has 2 amide bonds. The molecule has 0 atom stereocenters. The zero-order valence-electron chi connectivity index (χ0n) is 19.6. The van der Waals surface area contributed by atoms with E-state index in [0.717, 1.165) is 22.2 Å². The summed E-state index contributed by atoms with van der Waals surface area (Å²) >= 11 is 3.37. The Morgan fingerprint density at radius 2 is 1.51 bits per heavy atom. The molecule has 0 bridgehead atoms. The lowest BCUT2D eigenvalue weighted by atomic mass is 9.84. The molecule has 9 heteroatoms. The first kappa shape index (κ1) is 26.6. The van der Waals surface area contributed by atoms with E-state index in [4.69, 9.17) is 0 Å². The fraction of sp³-hybridized carbons (Fsp3) is 0.214. The molecule has 1 heterocycles. The Balaban J connectivity index is 1.61. The lowest BCUT2D eigenvalue weighted by molar-refractivity contribution is -0.138. The number of piperidine rings is 1. The summed E-state index contributed by atoms with van der Waals surface area (Å²) in [6.45, 7) is 0.315. The normalized spacial score (nSPS) is 15.8. The van der Waals surface area contributed by atoms with E-state index >= 15 is 0 Å². The topological polar surface area (TPSA) is 69.6 Å². The number of hydrogen-bond donors (Lipinski definition) is 2. The molecule has 5 nitrogen and oxygen atoms in total. The van der Waals surface area contributed by atoms with Gasteiger partial charge in [0.15, 0.2) is 0 Å². The van der Waals surface area contributed by atoms with E-state index in [9.17, 15) is 27.9 Å². The quantitative estimate of drug-likeness (QED) is 0.382.